The highest BCUT2D eigenvalue weighted by Gasteiger charge is 2.16. The third-order valence-electron chi connectivity index (χ3n) is 3.32. The molecule has 0 aliphatic rings. The van der Waals surface area contributed by atoms with Gasteiger partial charge < -0.3 is 4.74 Å². The van der Waals surface area contributed by atoms with Crippen molar-refractivity contribution in [2.75, 3.05) is 19.0 Å². The van der Waals surface area contributed by atoms with E-state index in [1.165, 1.54) is 0 Å². The van der Waals surface area contributed by atoms with E-state index in [1.54, 1.807) is 24.2 Å². The van der Waals surface area contributed by atoms with Gasteiger partial charge in [-0.25, -0.2) is 0 Å². The first kappa shape index (κ1) is 17.0. The van der Waals surface area contributed by atoms with Gasteiger partial charge in [0, 0.05) is 41.0 Å². The lowest BCUT2D eigenvalue weighted by Gasteiger charge is -2.10. The molecule has 1 aromatic carbocycles. The molecule has 0 saturated heterocycles. The molecule has 3 rings (SSSR count). The molecule has 5 nitrogen and oxygen atoms in total. The molecule has 124 valence electrons. The Labute approximate surface area is 150 Å². The lowest BCUT2D eigenvalue weighted by Crippen LogP contribution is -2.02. The molecule has 0 amide bonds. The average molecular weight is 361 g/mol. The van der Waals surface area contributed by atoms with Crippen LogP contribution in [0, 0.1) is 0 Å². The number of pyridine rings is 1. The number of hydrogen-bond donors (Lipinski definition) is 0. The Kier molecular flexibility index (Phi) is 5.85. The van der Waals surface area contributed by atoms with E-state index >= 15 is 0 Å². The van der Waals surface area contributed by atoms with Crippen molar-refractivity contribution in [1.29, 1.82) is 0 Å². The van der Waals surface area contributed by atoms with Gasteiger partial charge in [0.2, 0.25) is 0 Å². The van der Waals surface area contributed by atoms with Crippen LogP contribution in [-0.4, -0.2) is 38.7 Å². The van der Waals surface area contributed by atoms with Gasteiger partial charge in [0.15, 0.2) is 11.0 Å². The first-order chi connectivity index (χ1) is 11.8. The monoisotopic (exact) mass is 360 g/mol. The fourth-order valence-electron chi connectivity index (χ4n) is 2.21. The van der Waals surface area contributed by atoms with Crippen LogP contribution in [0.1, 0.15) is 6.92 Å². The summed E-state index contributed by atoms with van der Waals surface area (Å²) >= 11 is 7.63. The van der Waals surface area contributed by atoms with E-state index in [0.29, 0.717) is 18.2 Å². The number of thioether (sulfide) groups is 1. The topological polar surface area (TPSA) is 52.8 Å². The predicted molar refractivity (Wildman–Crippen MR) is 96.8 cm³/mol. The zero-order valence-electron chi connectivity index (χ0n) is 13.2. The van der Waals surface area contributed by atoms with Gasteiger partial charge in [0.1, 0.15) is 0 Å². The molecule has 7 heteroatoms. The highest BCUT2D eigenvalue weighted by atomic mass is 35.5. The van der Waals surface area contributed by atoms with Crippen LogP contribution in [0.3, 0.4) is 0 Å². The minimum atomic E-state index is 0.680. The quantitative estimate of drug-likeness (QED) is 0.468. The third-order valence-corrected chi connectivity index (χ3v) is 4.46. The summed E-state index contributed by atoms with van der Waals surface area (Å²) in [6.45, 7) is 3.38. The van der Waals surface area contributed by atoms with Crippen LogP contribution in [0.25, 0.3) is 17.1 Å². The molecule has 0 aliphatic heterocycles. The molecule has 0 N–H and O–H groups in total. The molecule has 0 aliphatic carbocycles. The van der Waals surface area contributed by atoms with E-state index in [0.717, 1.165) is 28.0 Å². The summed E-state index contributed by atoms with van der Waals surface area (Å²) in [6.07, 6.45) is 3.50. The molecular formula is C17H17ClN4OS. The van der Waals surface area contributed by atoms with Crippen LogP contribution in [0.15, 0.2) is 53.9 Å². The predicted octanol–water partition coefficient (Wildman–Crippen LogP) is 4.11. The molecule has 3 aromatic rings. The smallest absolute Gasteiger partial charge is 0.196 e. The van der Waals surface area contributed by atoms with Gasteiger partial charge in [-0.2, -0.15) is 0 Å². The van der Waals surface area contributed by atoms with E-state index in [4.69, 9.17) is 16.3 Å². The Morgan fingerprint density at radius 2 is 1.83 bits per heavy atom. The molecule has 0 fully saturated rings. The van der Waals surface area contributed by atoms with Crippen molar-refractivity contribution in [3.63, 3.8) is 0 Å². The van der Waals surface area contributed by atoms with Crippen molar-refractivity contribution in [1.82, 2.24) is 19.7 Å². The van der Waals surface area contributed by atoms with Gasteiger partial charge in [-0.15, -0.1) is 10.2 Å². The van der Waals surface area contributed by atoms with Gasteiger partial charge in [0.05, 0.1) is 6.61 Å². The third kappa shape index (κ3) is 3.95. The molecule has 24 heavy (non-hydrogen) atoms. The number of hydrogen-bond acceptors (Lipinski definition) is 5. The Morgan fingerprint density at radius 3 is 2.54 bits per heavy atom. The van der Waals surface area contributed by atoms with Gasteiger partial charge in [-0.1, -0.05) is 23.4 Å². The summed E-state index contributed by atoms with van der Waals surface area (Å²) < 4.78 is 7.43. The van der Waals surface area contributed by atoms with Crippen molar-refractivity contribution >= 4 is 23.4 Å². The molecule has 2 heterocycles. The SMILES string of the molecule is CCOCCSc1nnc(-c2ccncc2)n1-c1ccc(Cl)cc1. The van der Waals surface area contributed by atoms with E-state index in [9.17, 15) is 0 Å². The average Bonchev–Trinajstić information content (AvgIpc) is 3.04. The zero-order chi connectivity index (χ0) is 16.8. The minimum absolute atomic E-state index is 0.680. The van der Waals surface area contributed by atoms with Crippen molar-refractivity contribution in [2.24, 2.45) is 0 Å². The van der Waals surface area contributed by atoms with Crippen LogP contribution in [-0.2, 0) is 4.74 Å². The van der Waals surface area contributed by atoms with Gasteiger partial charge in [0.25, 0.3) is 0 Å². The highest BCUT2D eigenvalue weighted by Crippen LogP contribution is 2.28. The summed E-state index contributed by atoms with van der Waals surface area (Å²) in [5, 5.41) is 10.3. The first-order valence-corrected chi connectivity index (χ1v) is 8.98. The Bertz CT molecular complexity index is 777. The number of nitrogens with zero attached hydrogens (tertiary/aromatic N) is 4. The Hall–Kier alpha value is -1.89. The normalized spacial score (nSPS) is 10.9. The van der Waals surface area contributed by atoms with E-state index in [1.807, 2.05) is 47.9 Å². The van der Waals surface area contributed by atoms with Crippen molar-refractivity contribution in [3.8, 4) is 17.1 Å². The molecule has 2 aromatic heterocycles. The highest BCUT2D eigenvalue weighted by molar-refractivity contribution is 7.99. The number of rotatable bonds is 7. The summed E-state index contributed by atoms with van der Waals surface area (Å²) in [4.78, 5) is 4.07. The van der Waals surface area contributed by atoms with Crippen molar-refractivity contribution in [2.45, 2.75) is 12.1 Å². The largest absolute Gasteiger partial charge is 0.381 e. The maximum atomic E-state index is 6.02. The summed E-state index contributed by atoms with van der Waals surface area (Å²) in [5.74, 6) is 1.59. The maximum absolute atomic E-state index is 6.02. The first-order valence-electron chi connectivity index (χ1n) is 7.62. The summed E-state index contributed by atoms with van der Waals surface area (Å²) in [7, 11) is 0. The maximum Gasteiger partial charge on any atom is 0.196 e. The van der Waals surface area contributed by atoms with Crippen LogP contribution >= 0.6 is 23.4 Å². The number of aromatic nitrogens is 4. The minimum Gasteiger partial charge on any atom is -0.381 e. The van der Waals surface area contributed by atoms with Crippen LogP contribution in [0.2, 0.25) is 5.02 Å². The van der Waals surface area contributed by atoms with Crippen molar-refractivity contribution < 1.29 is 4.74 Å². The Balaban J connectivity index is 1.97. The second-order valence-corrected chi connectivity index (χ2v) is 6.40. The summed E-state index contributed by atoms with van der Waals surface area (Å²) in [5.41, 5.74) is 1.93. The van der Waals surface area contributed by atoms with Gasteiger partial charge in [-0.3, -0.25) is 9.55 Å². The number of ether oxygens (including phenoxy) is 1. The second-order valence-electron chi connectivity index (χ2n) is 4.90. The van der Waals surface area contributed by atoms with Gasteiger partial charge in [-0.05, 0) is 43.3 Å². The Morgan fingerprint density at radius 1 is 1.08 bits per heavy atom. The standard InChI is InChI=1S/C17H17ClN4OS/c1-2-23-11-12-24-17-21-20-16(13-7-9-19-10-8-13)22(17)15-5-3-14(18)4-6-15/h3-10H,2,11-12H2,1H3. The molecule has 0 atom stereocenters. The van der Waals surface area contributed by atoms with E-state index in [-0.39, 0.29) is 0 Å². The molecule has 0 bridgehead atoms. The molecule has 0 saturated carbocycles. The lowest BCUT2D eigenvalue weighted by atomic mass is 10.2. The van der Waals surface area contributed by atoms with Gasteiger partial charge >= 0.3 is 0 Å². The van der Waals surface area contributed by atoms with E-state index < -0.39 is 0 Å². The van der Waals surface area contributed by atoms with Crippen LogP contribution < -0.4 is 0 Å². The lowest BCUT2D eigenvalue weighted by molar-refractivity contribution is 0.164. The van der Waals surface area contributed by atoms with E-state index in [2.05, 4.69) is 15.2 Å². The second kappa shape index (κ2) is 8.28. The number of halogens is 1. The van der Waals surface area contributed by atoms with Crippen LogP contribution in [0.5, 0.6) is 0 Å². The van der Waals surface area contributed by atoms with Crippen molar-refractivity contribution in [3.05, 3.63) is 53.8 Å². The zero-order valence-corrected chi connectivity index (χ0v) is 14.8. The van der Waals surface area contributed by atoms with Crippen LogP contribution in [0.4, 0.5) is 0 Å². The molecular weight excluding hydrogens is 344 g/mol. The molecule has 0 spiro atoms. The summed E-state index contributed by atoms with van der Waals surface area (Å²) in [6, 6.07) is 11.5. The molecule has 0 unspecified atom stereocenters. The fraction of sp³-hybridized carbons (Fsp3) is 0.235. The fourth-order valence-corrected chi connectivity index (χ4v) is 3.14. The number of benzene rings is 1. The molecule has 0 radical (unpaired) electrons.